The van der Waals surface area contributed by atoms with Gasteiger partial charge in [0, 0.05) is 63.2 Å². The first-order valence-corrected chi connectivity index (χ1v) is 12.6. The van der Waals surface area contributed by atoms with Crippen LogP contribution < -0.4 is 15.5 Å². The van der Waals surface area contributed by atoms with Crippen molar-refractivity contribution in [3.05, 3.63) is 23.8 Å². The van der Waals surface area contributed by atoms with Crippen LogP contribution in [0.25, 0.3) is 0 Å². The topological polar surface area (TPSA) is 85.0 Å². The molecule has 0 atom stereocenters. The summed E-state index contributed by atoms with van der Waals surface area (Å²) in [4.78, 5) is 44.5. The Morgan fingerprint density at radius 3 is 2.39 bits per heavy atom. The maximum absolute atomic E-state index is 13.2. The molecule has 1 aromatic rings. The van der Waals surface area contributed by atoms with Gasteiger partial charge >= 0.3 is 0 Å². The van der Waals surface area contributed by atoms with Crippen LogP contribution in [-0.4, -0.2) is 79.9 Å². The molecule has 0 spiro atoms. The van der Waals surface area contributed by atoms with Crippen LogP contribution in [0.2, 0.25) is 0 Å². The Morgan fingerprint density at radius 1 is 0.818 bits per heavy atom. The molecule has 2 N–H and O–H groups in total. The van der Waals surface area contributed by atoms with Crippen molar-refractivity contribution in [3.8, 4) is 0 Å². The van der Waals surface area contributed by atoms with Gasteiger partial charge in [0.1, 0.15) is 0 Å². The lowest BCUT2D eigenvalue weighted by Gasteiger charge is -2.27. The Balaban J connectivity index is 1.35. The number of anilines is 2. The predicted octanol–water partition coefficient (Wildman–Crippen LogP) is 1.92. The van der Waals surface area contributed by atoms with Gasteiger partial charge in [-0.05, 0) is 63.3 Å². The van der Waals surface area contributed by atoms with Gasteiger partial charge in [-0.3, -0.25) is 14.4 Å². The Kier molecular flexibility index (Phi) is 6.53. The van der Waals surface area contributed by atoms with Crippen molar-refractivity contribution in [2.24, 2.45) is 11.8 Å². The number of benzene rings is 1. The fraction of sp³-hybridized carbons (Fsp3) is 0.640. The predicted molar refractivity (Wildman–Crippen MR) is 127 cm³/mol. The van der Waals surface area contributed by atoms with Crippen molar-refractivity contribution in [1.29, 1.82) is 0 Å². The third-order valence-electron chi connectivity index (χ3n) is 7.15. The highest BCUT2D eigenvalue weighted by Gasteiger charge is 2.34. The summed E-state index contributed by atoms with van der Waals surface area (Å²) in [6, 6.07) is 5.72. The van der Waals surface area contributed by atoms with Crippen LogP contribution in [0.3, 0.4) is 0 Å². The maximum Gasteiger partial charge on any atom is 0.253 e. The van der Waals surface area contributed by atoms with E-state index >= 15 is 0 Å². The van der Waals surface area contributed by atoms with E-state index in [2.05, 4.69) is 15.5 Å². The van der Waals surface area contributed by atoms with Gasteiger partial charge in [0.2, 0.25) is 11.8 Å². The average Bonchev–Trinajstić information content (AvgIpc) is 3.70. The molecule has 8 heteroatoms. The van der Waals surface area contributed by atoms with Crippen LogP contribution in [-0.2, 0) is 9.59 Å². The first-order chi connectivity index (χ1) is 16.1. The van der Waals surface area contributed by atoms with E-state index in [-0.39, 0.29) is 23.7 Å². The number of amides is 3. The van der Waals surface area contributed by atoms with Crippen molar-refractivity contribution in [1.82, 2.24) is 15.1 Å². The molecule has 2 saturated heterocycles. The summed E-state index contributed by atoms with van der Waals surface area (Å²) in [5.41, 5.74) is 2.28. The molecular weight excluding hydrogens is 418 g/mol. The molecular formula is C25H35N5O3. The Labute approximate surface area is 195 Å². The average molecular weight is 454 g/mol. The van der Waals surface area contributed by atoms with Gasteiger partial charge < -0.3 is 25.3 Å². The molecule has 5 rings (SSSR count). The minimum absolute atomic E-state index is 0.0178. The second-order valence-electron chi connectivity index (χ2n) is 9.83. The summed E-state index contributed by atoms with van der Waals surface area (Å²) in [7, 11) is 0. The van der Waals surface area contributed by atoms with E-state index in [1.807, 2.05) is 28.0 Å². The van der Waals surface area contributed by atoms with Gasteiger partial charge in [0.15, 0.2) is 0 Å². The molecule has 1 aromatic carbocycles. The molecule has 178 valence electrons. The van der Waals surface area contributed by atoms with Crippen LogP contribution >= 0.6 is 0 Å². The molecule has 0 aromatic heterocycles. The molecule has 2 aliphatic heterocycles. The van der Waals surface area contributed by atoms with Crippen LogP contribution in [0.1, 0.15) is 48.9 Å². The van der Waals surface area contributed by atoms with E-state index in [9.17, 15) is 14.4 Å². The van der Waals surface area contributed by atoms with E-state index in [1.54, 1.807) is 0 Å². The second kappa shape index (κ2) is 9.71. The zero-order valence-corrected chi connectivity index (χ0v) is 19.4. The minimum atomic E-state index is 0.0178. The fourth-order valence-corrected chi connectivity index (χ4v) is 4.82. The summed E-state index contributed by atoms with van der Waals surface area (Å²) in [6.07, 6.45) is 5.76. The van der Waals surface area contributed by atoms with E-state index in [1.165, 1.54) is 0 Å². The normalized spacial score (nSPS) is 21.9. The maximum atomic E-state index is 13.2. The van der Waals surface area contributed by atoms with Crippen molar-refractivity contribution in [2.45, 2.75) is 38.5 Å². The molecule has 0 radical (unpaired) electrons. The lowest BCUT2D eigenvalue weighted by Crippen LogP contribution is -2.36. The monoisotopic (exact) mass is 453 g/mol. The van der Waals surface area contributed by atoms with Gasteiger partial charge in [0.25, 0.3) is 5.91 Å². The number of nitrogens with one attached hydrogen (secondary N) is 2. The molecule has 4 fully saturated rings. The molecule has 0 bridgehead atoms. The van der Waals surface area contributed by atoms with Crippen molar-refractivity contribution < 1.29 is 14.4 Å². The molecule has 33 heavy (non-hydrogen) atoms. The van der Waals surface area contributed by atoms with Crippen LogP contribution in [0.15, 0.2) is 18.2 Å². The highest BCUT2D eigenvalue weighted by atomic mass is 16.2. The van der Waals surface area contributed by atoms with Crippen molar-refractivity contribution in [3.63, 3.8) is 0 Å². The summed E-state index contributed by atoms with van der Waals surface area (Å²) >= 11 is 0. The summed E-state index contributed by atoms with van der Waals surface area (Å²) in [6.45, 7) is 6.22. The molecule has 2 heterocycles. The first-order valence-electron chi connectivity index (χ1n) is 12.6. The lowest BCUT2D eigenvalue weighted by atomic mass is 10.1. The third kappa shape index (κ3) is 5.32. The van der Waals surface area contributed by atoms with Crippen molar-refractivity contribution >= 4 is 29.1 Å². The zero-order valence-electron chi connectivity index (χ0n) is 19.4. The highest BCUT2D eigenvalue weighted by Crippen LogP contribution is 2.35. The molecule has 4 aliphatic rings. The number of nitrogens with zero attached hydrogens (tertiary/aromatic N) is 3. The number of carbonyl (C=O) groups excluding carboxylic acids is 3. The van der Waals surface area contributed by atoms with Crippen LogP contribution in [0, 0.1) is 11.8 Å². The highest BCUT2D eigenvalue weighted by molar-refractivity contribution is 6.01. The Hall–Kier alpha value is -2.61. The SMILES string of the molecule is O=C(Nc1cc(C(=O)N2CCCNCC2)ccc1N1CCCN(C(=O)C2CC2)CC1)C1CC1. The third-order valence-corrected chi connectivity index (χ3v) is 7.15. The van der Waals surface area contributed by atoms with Crippen LogP contribution in [0.4, 0.5) is 11.4 Å². The van der Waals surface area contributed by atoms with Crippen LogP contribution in [0.5, 0.6) is 0 Å². The molecule has 3 amide bonds. The number of hydrogen-bond acceptors (Lipinski definition) is 5. The second-order valence-corrected chi connectivity index (χ2v) is 9.83. The van der Waals surface area contributed by atoms with Gasteiger partial charge in [0.05, 0.1) is 11.4 Å². The summed E-state index contributed by atoms with van der Waals surface area (Å²) in [5, 5.41) is 6.45. The molecule has 0 unspecified atom stereocenters. The largest absolute Gasteiger partial charge is 0.368 e. The van der Waals surface area contributed by atoms with Gasteiger partial charge in [-0.2, -0.15) is 0 Å². The van der Waals surface area contributed by atoms with E-state index in [0.29, 0.717) is 30.2 Å². The Bertz CT molecular complexity index is 903. The van der Waals surface area contributed by atoms with E-state index in [4.69, 9.17) is 0 Å². The standard InChI is InChI=1S/C25H35N5O3/c31-23(18-3-4-18)27-21-17-20(25(33)29-11-1-9-26-10-14-29)7-8-22(21)28-12-2-13-30(16-15-28)24(32)19-5-6-19/h7-8,17-19,26H,1-6,9-16H2,(H,27,31). The first kappa shape index (κ1) is 22.2. The summed E-state index contributed by atoms with van der Waals surface area (Å²) in [5.74, 6) is 0.686. The number of carbonyl (C=O) groups is 3. The lowest BCUT2D eigenvalue weighted by molar-refractivity contribution is -0.132. The van der Waals surface area contributed by atoms with Gasteiger partial charge in [-0.1, -0.05) is 0 Å². The smallest absolute Gasteiger partial charge is 0.253 e. The zero-order chi connectivity index (χ0) is 22.8. The fourth-order valence-electron chi connectivity index (χ4n) is 4.82. The van der Waals surface area contributed by atoms with Gasteiger partial charge in [-0.15, -0.1) is 0 Å². The molecule has 8 nitrogen and oxygen atoms in total. The minimum Gasteiger partial charge on any atom is -0.368 e. The van der Waals surface area contributed by atoms with E-state index in [0.717, 1.165) is 83.5 Å². The quantitative estimate of drug-likeness (QED) is 0.712. The van der Waals surface area contributed by atoms with E-state index < -0.39 is 0 Å². The summed E-state index contributed by atoms with van der Waals surface area (Å²) < 4.78 is 0. The molecule has 2 aliphatic carbocycles. The van der Waals surface area contributed by atoms with Crippen molar-refractivity contribution in [2.75, 3.05) is 62.6 Å². The van der Waals surface area contributed by atoms with Gasteiger partial charge in [-0.25, -0.2) is 0 Å². The number of hydrogen-bond donors (Lipinski definition) is 2. The Morgan fingerprint density at radius 2 is 1.61 bits per heavy atom. The molecule has 2 saturated carbocycles. The number of rotatable bonds is 5.